The van der Waals surface area contributed by atoms with E-state index in [1.807, 2.05) is 0 Å². The molecule has 2 aromatic carbocycles. The summed E-state index contributed by atoms with van der Waals surface area (Å²) < 4.78 is 2.52. The molecule has 0 N–H and O–H groups in total. The first-order valence-electron chi connectivity index (χ1n) is 11.5. The maximum absolute atomic E-state index is 2.52. The number of benzene rings is 2. The van der Waals surface area contributed by atoms with Crippen LogP contribution in [0.25, 0.3) is 5.57 Å². The van der Waals surface area contributed by atoms with Gasteiger partial charge >= 0.3 is 0 Å². The van der Waals surface area contributed by atoms with Crippen molar-refractivity contribution in [1.82, 2.24) is 0 Å². The maximum atomic E-state index is 2.52. The van der Waals surface area contributed by atoms with Crippen molar-refractivity contribution in [2.75, 3.05) is 43.6 Å². The van der Waals surface area contributed by atoms with Crippen LogP contribution in [0.4, 0.5) is 5.69 Å². The fourth-order valence-corrected chi connectivity index (χ4v) is 7.74. The van der Waals surface area contributed by atoms with E-state index in [1.54, 1.807) is 9.80 Å². The molecule has 0 spiro atoms. The Morgan fingerprint density at radius 2 is 1.71 bits per heavy atom. The van der Waals surface area contributed by atoms with Crippen molar-refractivity contribution in [3.05, 3.63) is 87.9 Å². The molecule has 0 aromatic heterocycles. The number of hydrogen-bond acceptors (Lipinski definition) is 1. The fourth-order valence-electron chi connectivity index (χ4n) is 5.23. The highest BCUT2D eigenvalue weighted by atomic mass is 32.3. The molecule has 0 bridgehead atoms. The Morgan fingerprint density at radius 1 is 0.903 bits per heavy atom. The van der Waals surface area contributed by atoms with Crippen molar-refractivity contribution in [3.8, 4) is 0 Å². The van der Waals surface area contributed by atoms with E-state index in [1.165, 1.54) is 78.3 Å². The summed E-state index contributed by atoms with van der Waals surface area (Å²) in [5.41, 5.74) is 9.80. The smallest absolute Gasteiger partial charge is 0.201 e. The number of aryl methyl sites for hydroxylation is 1. The maximum Gasteiger partial charge on any atom is 0.201 e. The average Bonchev–Trinajstić information content (AvgIpc) is 2.68. The zero-order valence-electron chi connectivity index (χ0n) is 18.8. The lowest BCUT2D eigenvalue weighted by atomic mass is 9.87. The van der Waals surface area contributed by atoms with E-state index in [4.69, 9.17) is 0 Å². The zero-order chi connectivity index (χ0) is 21.2. The molecule has 3 aliphatic heterocycles. The molecule has 3 heteroatoms. The second-order valence-electron chi connectivity index (χ2n) is 9.56. The number of nitrogens with zero attached hydrogens (tertiary/aromatic N) is 2. The second-order valence-corrected chi connectivity index (χ2v) is 13.1. The Balaban J connectivity index is 1.63. The van der Waals surface area contributed by atoms with E-state index >= 15 is 0 Å². The van der Waals surface area contributed by atoms with Gasteiger partial charge in [0.05, 0.1) is 6.42 Å². The lowest BCUT2D eigenvalue weighted by molar-refractivity contribution is -0.582. The molecule has 2 aromatic rings. The summed E-state index contributed by atoms with van der Waals surface area (Å²) in [4.78, 5) is 5.61. The van der Waals surface area contributed by atoms with Crippen LogP contribution in [0.2, 0.25) is 0 Å². The van der Waals surface area contributed by atoms with Crippen molar-refractivity contribution >= 4 is 27.0 Å². The van der Waals surface area contributed by atoms with E-state index in [9.17, 15) is 0 Å². The molecule has 1 aliphatic carbocycles. The lowest BCUT2D eigenvalue weighted by Gasteiger charge is -2.44. The van der Waals surface area contributed by atoms with Gasteiger partial charge in [-0.1, -0.05) is 30.3 Å². The molecule has 158 valence electrons. The number of rotatable bonds is 2. The fraction of sp³-hybridized carbons (Fsp3) is 0.321. The minimum Gasteiger partial charge on any atom is -0.371 e. The van der Waals surface area contributed by atoms with Gasteiger partial charge in [-0.3, -0.25) is 0 Å². The van der Waals surface area contributed by atoms with Gasteiger partial charge in [-0.2, -0.15) is 10.0 Å². The minimum atomic E-state index is -1.11. The van der Waals surface area contributed by atoms with Crippen LogP contribution < -0.4 is 4.90 Å². The predicted molar refractivity (Wildman–Crippen MR) is 135 cm³/mol. The Labute approximate surface area is 187 Å². The Hall–Kier alpha value is -2.52. The second kappa shape index (κ2) is 7.00. The van der Waals surface area contributed by atoms with Gasteiger partial charge in [0.15, 0.2) is 0 Å². The topological polar surface area (TPSA) is 6.25 Å². The molecule has 31 heavy (non-hydrogen) atoms. The molecule has 0 unspecified atom stereocenters. The highest BCUT2D eigenvalue weighted by molar-refractivity contribution is 8.36. The third-order valence-corrected chi connectivity index (χ3v) is 10.3. The van der Waals surface area contributed by atoms with Crippen LogP contribution in [-0.2, 0) is 0 Å². The Kier molecular flexibility index (Phi) is 4.33. The largest absolute Gasteiger partial charge is 0.371 e. The molecule has 2 nitrogen and oxygen atoms in total. The molecule has 6 rings (SSSR count). The van der Waals surface area contributed by atoms with Gasteiger partial charge in [-0.25, -0.2) is 4.58 Å². The summed E-state index contributed by atoms with van der Waals surface area (Å²) in [5.74, 6) is 0. The molecule has 0 radical (unpaired) electrons. The SMILES string of the molecule is Cc1ccccc1C1=C2C=CC(=[N+]3CCC3)C=C2S(C)(C)c2cc(N3CCC3)ccc21. The first-order chi connectivity index (χ1) is 15.0. The zero-order valence-corrected chi connectivity index (χ0v) is 19.6. The summed E-state index contributed by atoms with van der Waals surface area (Å²) in [5, 5.41) is 0. The number of hydrogen-bond donors (Lipinski definition) is 0. The van der Waals surface area contributed by atoms with Crippen molar-refractivity contribution in [2.24, 2.45) is 0 Å². The summed E-state index contributed by atoms with van der Waals surface area (Å²) in [6.45, 7) is 7.02. The van der Waals surface area contributed by atoms with E-state index in [2.05, 4.69) is 89.6 Å². The monoisotopic (exact) mass is 427 g/mol. The molecule has 2 saturated heterocycles. The normalized spacial score (nSPS) is 22.3. The summed E-state index contributed by atoms with van der Waals surface area (Å²) in [6, 6.07) is 16.2. The van der Waals surface area contributed by atoms with E-state index in [-0.39, 0.29) is 0 Å². The van der Waals surface area contributed by atoms with Crippen molar-refractivity contribution < 1.29 is 4.58 Å². The summed E-state index contributed by atoms with van der Waals surface area (Å²) in [6.07, 6.45) is 14.9. The van der Waals surface area contributed by atoms with Crippen molar-refractivity contribution in [2.45, 2.75) is 24.7 Å². The third-order valence-electron chi connectivity index (χ3n) is 7.43. The highest BCUT2D eigenvalue weighted by Gasteiger charge is 2.37. The summed E-state index contributed by atoms with van der Waals surface area (Å²) >= 11 is 0. The van der Waals surface area contributed by atoms with Gasteiger partial charge in [0.25, 0.3) is 0 Å². The third kappa shape index (κ3) is 2.90. The van der Waals surface area contributed by atoms with Crippen LogP contribution >= 0.6 is 10.0 Å². The van der Waals surface area contributed by atoms with Crippen LogP contribution in [0.3, 0.4) is 0 Å². The minimum absolute atomic E-state index is 1.11. The van der Waals surface area contributed by atoms with Gasteiger partial charge in [-0.05, 0) is 71.9 Å². The highest BCUT2D eigenvalue weighted by Crippen LogP contribution is 2.66. The molecular formula is C28H31N2S+. The van der Waals surface area contributed by atoms with Crippen molar-refractivity contribution in [3.63, 3.8) is 0 Å². The average molecular weight is 428 g/mol. The molecule has 4 aliphatic rings. The van der Waals surface area contributed by atoms with Gasteiger partial charge in [0, 0.05) is 40.7 Å². The van der Waals surface area contributed by atoms with E-state index < -0.39 is 10.0 Å². The van der Waals surface area contributed by atoms with Crippen LogP contribution in [0.1, 0.15) is 29.5 Å². The molecule has 2 fully saturated rings. The standard InChI is InChI=1S/C28H31N2S/c1-20-8-4-5-9-23(20)28-24-12-10-21(29-14-6-15-29)18-26(24)31(2,3)27-19-22(11-13-25(27)28)30-16-7-17-30/h4-5,8-13,18-19H,6-7,14-17H2,1-3H3/q+1. The predicted octanol–water partition coefficient (Wildman–Crippen LogP) is 5.75. The Morgan fingerprint density at radius 3 is 2.39 bits per heavy atom. The first-order valence-corrected chi connectivity index (χ1v) is 13.9. The number of allylic oxidation sites excluding steroid dienone is 4. The van der Waals surface area contributed by atoms with Crippen LogP contribution in [0, 0.1) is 6.92 Å². The molecule has 3 heterocycles. The number of anilines is 1. The first kappa shape index (κ1) is 19.2. The molecule has 0 amide bonds. The molecule has 0 atom stereocenters. The van der Waals surface area contributed by atoms with Gasteiger partial charge in [-0.15, -0.1) is 0 Å². The molecule has 0 saturated carbocycles. The molecular weight excluding hydrogens is 396 g/mol. The Bertz CT molecular complexity index is 1220. The van der Waals surface area contributed by atoms with Crippen LogP contribution in [0.5, 0.6) is 0 Å². The lowest BCUT2D eigenvalue weighted by Crippen LogP contribution is -2.37. The van der Waals surface area contributed by atoms with Crippen LogP contribution in [0.15, 0.2) is 76.1 Å². The van der Waals surface area contributed by atoms with Crippen LogP contribution in [-0.4, -0.2) is 49.0 Å². The van der Waals surface area contributed by atoms with Gasteiger partial charge in [0.1, 0.15) is 13.1 Å². The van der Waals surface area contributed by atoms with Gasteiger partial charge in [0.2, 0.25) is 5.71 Å². The van der Waals surface area contributed by atoms with E-state index in [0.717, 1.165) is 0 Å². The quantitative estimate of drug-likeness (QED) is 0.553. The van der Waals surface area contributed by atoms with Gasteiger partial charge < -0.3 is 4.90 Å². The number of fused-ring (bicyclic) bond motifs is 2. The summed E-state index contributed by atoms with van der Waals surface area (Å²) in [7, 11) is -1.11. The van der Waals surface area contributed by atoms with Crippen molar-refractivity contribution in [1.29, 1.82) is 0 Å². The van der Waals surface area contributed by atoms with E-state index in [0.29, 0.717) is 0 Å².